The molecule has 162 valence electrons. The molecule has 0 unspecified atom stereocenters. The van der Waals surface area contributed by atoms with E-state index in [-0.39, 0.29) is 17.9 Å². The van der Waals surface area contributed by atoms with Gasteiger partial charge in [-0.2, -0.15) is 0 Å². The van der Waals surface area contributed by atoms with Gasteiger partial charge in [-0.25, -0.2) is 0 Å². The summed E-state index contributed by atoms with van der Waals surface area (Å²) in [5, 5.41) is 1.52. The largest absolute Gasteiger partial charge is 0.349 e. The van der Waals surface area contributed by atoms with E-state index >= 15 is 0 Å². The number of carbonyl (C=O) groups excluding carboxylic acids is 1. The molecule has 2 aromatic rings. The fraction of sp³-hybridized carbons (Fsp3) is 0.519. The fourth-order valence-corrected chi connectivity index (χ4v) is 10.5. The molecule has 0 bridgehead atoms. The molecule has 4 heteroatoms. The zero-order chi connectivity index (χ0) is 21.2. The summed E-state index contributed by atoms with van der Waals surface area (Å²) in [6.07, 6.45) is 6.43. The first-order valence-corrected chi connectivity index (χ1v) is 15.3. The number of amides is 1. The summed E-state index contributed by atoms with van der Waals surface area (Å²) >= 11 is 0. The van der Waals surface area contributed by atoms with Gasteiger partial charge in [0.25, 0.3) is 0 Å². The Bertz CT molecular complexity index is 1010. The number of piperidine rings is 1. The lowest BCUT2D eigenvalue weighted by Gasteiger charge is -2.55. The molecule has 6 rings (SSSR count). The summed E-state index contributed by atoms with van der Waals surface area (Å²) in [5.41, 5.74) is 2.33. The summed E-state index contributed by atoms with van der Waals surface area (Å²) < 4.78 is 7.16. The highest BCUT2D eigenvalue weighted by Crippen LogP contribution is 2.60. The normalized spacial score (nSPS) is 34.1. The molecular formula is C27H33NO2Si. The summed E-state index contributed by atoms with van der Waals surface area (Å²) in [7, 11) is -1.66. The molecule has 3 fully saturated rings. The molecule has 2 aliphatic heterocycles. The Morgan fingerprint density at radius 1 is 1.03 bits per heavy atom. The van der Waals surface area contributed by atoms with Crippen molar-refractivity contribution in [1.29, 1.82) is 0 Å². The van der Waals surface area contributed by atoms with Crippen LogP contribution in [0.1, 0.15) is 49.3 Å². The second-order valence-electron chi connectivity index (χ2n) is 10.8. The highest BCUT2D eigenvalue weighted by molar-refractivity contribution is 6.89. The van der Waals surface area contributed by atoms with Crippen LogP contribution in [-0.2, 0) is 16.0 Å². The van der Waals surface area contributed by atoms with Crippen molar-refractivity contribution in [3.05, 3.63) is 65.7 Å². The second kappa shape index (κ2) is 7.04. The Morgan fingerprint density at radius 2 is 1.81 bits per heavy atom. The molecule has 0 aromatic heterocycles. The smallest absolute Gasteiger partial charge is 0.225 e. The molecule has 2 aliphatic carbocycles. The van der Waals surface area contributed by atoms with Crippen molar-refractivity contribution in [2.45, 2.75) is 75.5 Å². The number of rotatable bonds is 3. The lowest BCUT2D eigenvalue weighted by Crippen LogP contribution is -2.64. The van der Waals surface area contributed by atoms with Gasteiger partial charge in [0.2, 0.25) is 5.91 Å². The molecule has 1 spiro atoms. The predicted molar refractivity (Wildman–Crippen MR) is 126 cm³/mol. The van der Waals surface area contributed by atoms with Crippen LogP contribution in [0.5, 0.6) is 0 Å². The number of fused-ring (bicyclic) bond motifs is 4. The van der Waals surface area contributed by atoms with E-state index in [0.717, 1.165) is 12.8 Å². The maximum Gasteiger partial charge on any atom is 0.225 e. The highest BCUT2D eigenvalue weighted by Gasteiger charge is 2.66. The SMILES string of the molecule is C[Si](C)(C[C@@H]1CCC[C@H]2CCC(=O)N3[C@H]4c5ccccc5C[C@H]4O[C@@]213)c1ccccc1. The quantitative estimate of drug-likeness (QED) is 0.638. The molecule has 1 amide bonds. The zero-order valence-electron chi connectivity index (χ0n) is 18.7. The van der Waals surface area contributed by atoms with Crippen LogP contribution in [0, 0.1) is 11.8 Å². The van der Waals surface area contributed by atoms with Crippen LogP contribution in [0.4, 0.5) is 0 Å². The van der Waals surface area contributed by atoms with Gasteiger partial charge in [-0.3, -0.25) is 4.79 Å². The summed E-state index contributed by atoms with van der Waals surface area (Å²) in [6.45, 7) is 5.01. The monoisotopic (exact) mass is 431 g/mol. The number of carbonyl (C=O) groups is 1. The summed E-state index contributed by atoms with van der Waals surface area (Å²) in [6, 6.07) is 21.1. The van der Waals surface area contributed by atoms with Gasteiger partial charge in [0.1, 0.15) is 5.72 Å². The first-order valence-electron chi connectivity index (χ1n) is 12.1. The van der Waals surface area contributed by atoms with E-state index in [1.807, 2.05) is 0 Å². The lowest BCUT2D eigenvalue weighted by atomic mass is 9.69. The standard InChI is InChI=1S/C27H33NO2Si/c1-31(2,22-12-4-3-5-13-22)18-21-11-8-10-20-15-16-25(29)28-26-23-14-7-6-9-19(23)17-24(26)30-27(20,21)28/h3-7,9,12-14,20-21,24,26H,8,10-11,15-18H2,1-2H3/t20-,21-,24+,26-,27-/m0/s1. The number of hydrogen-bond donors (Lipinski definition) is 0. The van der Waals surface area contributed by atoms with Crippen LogP contribution < -0.4 is 5.19 Å². The Hall–Kier alpha value is -1.91. The second-order valence-corrected chi connectivity index (χ2v) is 15.6. The Kier molecular flexibility index (Phi) is 4.49. The average molecular weight is 432 g/mol. The van der Waals surface area contributed by atoms with Gasteiger partial charge in [-0.15, -0.1) is 0 Å². The third-order valence-electron chi connectivity index (χ3n) is 8.70. The first-order chi connectivity index (χ1) is 15.0. The third-order valence-corrected chi connectivity index (χ3v) is 12.1. The minimum Gasteiger partial charge on any atom is -0.349 e. The molecule has 2 aromatic carbocycles. The highest BCUT2D eigenvalue weighted by atomic mass is 28.3. The van der Waals surface area contributed by atoms with Crippen LogP contribution in [0.2, 0.25) is 19.1 Å². The van der Waals surface area contributed by atoms with Gasteiger partial charge >= 0.3 is 0 Å². The first kappa shape index (κ1) is 19.7. The molecule has 31 heavy (non-hydrogen) atoms. The van der Waals surface area contributed by atoms with Crippen molar-refractivity contribution in [2.24, 2.45) is 11.8 Å². The predicted octanol–water partition coefficient (Wildman–Crippen LogP) is 5.03. The van der Waals surface area contributed by atoms with E-state index in [2.05, 4.69) is 72.6 Å². The van der Waals surface area contributed by atoms with Crippen molar-refractivity contribution in [3.63, 3.8) is 0 Å². The molecule has 0 N–H and O–H groups in total. The summed E-state index contributed by atoms with van der Waals surface area (Å²) in [4.78, 5) is 15.8. The van der Waals surface area contributed by atoms with Gasteiger partial charge < -0.3 is 9.64 Å². The summed E-state index contributed by atoms with van der Waals surface area (Å²) in [5.74, 6) is 1.25. The maximum absolute atomic E-state index is 13.5. The molecule has 3 nitrogen and oxygen atoms in total. The third kappa shape index (κ3) is 2.84. The molecule has 5 atom stereocenters. The Labute approximate surface area is 186 Å². The van der Waals surface area contributed by atoms with Gasteiger partial charge in [-0.05, 0) is 36.4 Å². The fourth-order valence-electron chi connectivity index (χ4n) is 7.40. The van der Waals surface area contributed by atoms with Gasteiger partial charge in [0.15, 0.2) is 0 Å². The van der Waals surface area contributed by atoms with Crippen LogP contribution >= 0.6 is 0 Å². The molecule has 1 saturated carbocycles. The van der Waals surface area contributed by atoms with E-state index in [1.165, 1.54) is 41.6 Å². The van der Waals surface area contributed by atoms with Crippen molar-refractivity contribution in [1.82, 2.24) is 4.90 Å². The van der Waals surface area contributed by atoms with Crippen molar-refractivity contribution >= 4 is 19.2 Å². The Morgan fingerprint density at radius 3 is 2.65 bits per heavy atom. The molecule has 4 aliphatic rings. The topological polar surface area (TPSA) is 29.5 Å². The van der Waals surface area contributed by atoms with E-state index in [4.69, 9.17) is 4.74 Å². The molecular weight excluding hydrogens is 398 g/mol. The van der Waals surface area contributed by atoms with E-state index in [0.29, 0.717) is 24.2 Å². The zero-order valence-corrected chi connectivity index (χ0v) is 19.7. The number of hydrogen-bond acceptors (Lipinski definition) is 2. The van der Waals surface area contributed by atoms with E-state index < -0.39 is 8.07 Å². The Balaban J connectivity index is 1.41. The number of ether oxygens (including phenoxy) is 1. The maximum atomic E-state index is 13.5. The van der Waals surface area contributed by atoms with Crippen LogP contribution in [0.3, 0.4) is 0 Å². The van der Waals surface area contributed by atoms with Gasteiger partial charge in [0, 0.05) is 24.7 Å². The molecule has 2 heterocycles. The minimum absolute atomic E-state index is 0.119. The van der Waals surface area contributed by atoms with Crippen LogP contribution in [0.15, 0.2) is 54.6 Å². The number of nitrogens with zero attached hydrogens (tertiary/aromatic N) is 1. The van der Waals surface area contributed by atoms with Crippen molar-refractivity contribution in [2.75, 3.05) is 0 Å². The van der Waals surface area contributed by atoms with E-state index in [9.17, 15) is 4.79 Å². The minimum atomic E-state index is -1.66. The molecule has 2 saturated heterocycles. The van der Waals surface area contributed by atoms with Crippen molar-refractivity contribution in [3.8, 4) is 0 Å². The van der Waals surface area contributed by atoms with Crippen LogP contribution in [-0.4, -0.2) is 30.7 Å². The van der Waals surface area contributed by atoms with E-state index in [1.54, 1.807) is 0 Å². The van der Waals surface area contributed by atoms with Gasteiger partial charge in [-0.1, -0.05) is 79.3 Å². The lowest BCUT2D eigenvalue weighted by molar-refractivity contribution is -0.212. The van der Waals surface area contributed by atoms with Gasteiger partial charge in [0.05, 0.1) is 20.2 Å². The van der Waals surface area contributed by atoms with Crippen molar-refractivity contribution < 1.29 is 9.53 Å². The average Bonchev–Trinajstić information content (AvgIpc) is 3.29. The molecule has 0 radical (unpaired) electrons. The van der Waals surface area contributed by atoms with Crippen LogP contribution in [0.25, 0.3) is 0 Å². The number of benzene rings is 2.